The lowest BCUT2D eigenvalue weighted by atomic mass is 10.0. The van der Waals surface area contributed by atoms with Gasteiger partial charge in [-0.2, -0.15) is 0 Å². The van der Waals surface area contributed by atoms with Crippen molar-refractivity contribution in [3.05, 3.63) is 30.5 Å². The Morgan fingerprint density at radius 3 is 3.00 bits per heavy atom. The molecule has 1 aromatic carbocycles. The number of hydrogen-bond acceptors (Lipinski definition) is 4. The van der Waals surface area contributed by atoms with Crippen LogP contribution in [0.25, 0.3) is 10.9 Å². The summed E-state index contributed by atoms with van der Waals surface area (Å²) in [4.78, 5) is 17.6. The van der Waals surface area contributed by atoms with Gasteiger partial charge in [0.15, 0.2) is 0 Å². The minimum absolute atomic E-state index is 0.204. The van der Waals surface area contributed by atoms with E-state index in [0.29, 0.717) is 18.7 Å². The second-order valence-corrected chi connectivity index (χ2v) is 5.26. The standard InChI is InChI=1S/C15H18N4O/c1-19-9-10(6-7-14(19)20)18-15-11-4-2-3-5-13(11)17-8-12(15)16/h2-5,8,10H,6-7,9,16H2,1H3,(H,17,18). The zero-order valence-electron chi connectivity index (χ0n) is 11.5. The second-order valence-electron chi connectivity index (χ2n) is 5.26. The number of amides is 1. The molecule has 0 radical (unpaired) electrons. The molecule has 2 aromatic rings. The molecule has 0 aliphatic carbocycles. The lowest BCUT2D eigenvalue weighted by molar-refractivity contribution is -0.132. The van der Waals surface area contributed by atoms with Gasteiger partial charge in [-0.25, -0.2) is 0 Å². The first-order valence-electron chi connectivity index (χ1n) is 6.79. The molecule has 0 spiro atoms. The van der Waals surface area contributed by atoms with E-state index >= 15 is 0 Å². The molecular formula is C15H18N4O. The highest BCUT2D eigenvalue weighted by Gasteiger charge is 2.23. The van der Waals surface area contributed by atoms with E-state index in [1.807, 2.05) is 31.3 Å². The topological polar surface area (TPSA) is 71.2 Å². The number of carbonyl (C=O) groups is 1. The molecule has 1 aromatic heterocycles. The van der Waals surface area contributed by atoms with Crippen LogP contribution in [0.1, 0.15) is 12.8 Å². The van der Waals surface area contributed by atoms with Crippen LogP contribution >= 0.6 is 0 Å². The molecule has 1 saturated heterocycles. The summed E-state index contributed by atoms with van der Waals surface area (Å²) >= 11 is 0. The Labute approximate surface area is 117 Å². The number of hydrogen-bond donors (Lipinski definition) is 2. The number of carbonyl (C=O) groups excluding carboxylic acids is 1. The van der Waals surface area contributed by atoms with Crippen molar-refractivity contribution in [3.8, 4) is 0 Å². The van der Waals surface area contributed by atoms with Gasteiger partial charge in [0, 0.05) is 31.4 Å². The molecule has 1 amide bonds. The average molecular weight is 270 g/mol. The molecule has 3 N–H and O–H groups in total. The van der Waals surface area contributed by atoms with Gasteiger partial charge in [-0.05, 0) is 12.5 Å². The molecule has 0 saturated carbocycles. The third-order valence-electron chi connectivity index (χ3n) is 3.78. The molecule has 1 aliphatic rings. The maximum absolute atomic E-state index is 11.5. The summed E-state index contributed by atoms with van der Waals surface area (Å²) in [5.41, 5.74) is 8.54. The average Bonchev–Trinajstić information content (AvgIpc) is 2.46. The number of benzene rings is 1. The van der Waals surface area contributed by atoms with Crippen molar-refractivity contribution in [1.29, 1.82) is 0 Å². The Bertz CT molecular complexity index is 655. The summed E-state index contributed by atoms with van der Waals surface area (Å²) in [5.74, 6) is 0.204. The number of aromatic nitrogens is 1. The van der Waals surface area contributed by atoms with Gasteiger partial charge in [0.2, 0.25) is 5.91 Å². The lowest BCUT2D eigenvalue weighted by Crippen LogP contribution is -2.43. The van der Waals surface area contributed by atoms with Crippen molar-refractivity contribution in [2.45, 2.75) is 18.9 Å². The fourth-order valence-electron chi connectivity index (χ4n) is 2.65. The molecule has 5 heteroatoms. The first-order chi connectivity index (χ1) is 9.65. The number of likely N-dealkylation sites (tertiary alicyclic amines) is 1. The summed E-state index contributed by atoms with van der Waals surface area (Å²) in [6.45, 7) is 0.703. The monoisotopic (exact) mass is 270 g/mol. The molecule has 1 fully saturated rings. The quantitative estimate of drug-likeness (QED) is 0.873. The Kier molecular flexibility index (Phi) is 3.18. The Balaban J connectivity index is 1.91. The van der Waals surface area contributed by atoms with Crippen LogP contribution in [-0.4, -0.2) is 35.4 Å². The number of para-hydroxylation sites is 1. The fraction of sp³-hybridized carbons (Fsp3) is 0.333. The Hall–Kier alpha value is -2.30. The van der Waals surface area contributed by atoms with Crippen LogP contribution in [-0.2, 0) is 4.79 Å². The van der Waals surface area contributed by atoms with Crippen LogP contribution in [0.15, 0.2) is 30.5 Å². The predicted octanol–water partition coefficient (Wildman–Crippen LogP) is 1.85. The Morgan fingerprint density at radius 2 is 2.20 bits per heavy atom. The summed E-state index contributed by atoms with van der Waals surface area (Å²) in [7, 11) is 1.84. The smallest absolute Gasteiger partial charge is 0.222 e. The third kappa shape index (κ3) is 2.27. The molecule has 104 valence electrons. The molecule has 5 nitrogen and oxygen atoms in total. The maximum Gasteiger partial charge on any atom is 0.222 e. The largest absolute Gasteiger partial charge is 0.396 e. The van der Waals surface area contributed by atoms with E-state index < -0.39 is 0 Å². The first-order valence-corrected chi connectivity index (χ1v) is 6.79. The minimum Gasteiger partial charge on any atom is -0.396 e. The Morgan fingerprint density at radius 1 is 1.40 bits per heavy atom. The summed E-state index contributed by atoms with van der Waals surface area (Å²) < 4.78 is 0. The number of likely N-dealkylation sites (N-methyl/N-ethyl adjacent to an activating group) is 1. The molecule has 1 atom stereocenters. The van der Waals surface area contributed by atoms with Gasteiger partial charge in [0.25, 0.3) is 0 Å². The van der Waals surface area contributed by atoms with Gasteiger partial charge >= 0.3 is 0 Å². The van der Waals surface area contributed by atoms with E-state index in [1.54, 1.807) is 11.1 Å². The van der Waals surface area contributed by atoms with Gasteiger partial charge < -0.3 is 16.0 Å². The normalized spacial score (nSPS) is 19.4. The highest BCUT2D eigenvalue weighted by Crippen LogP contribution is 2.29. The predicted molar refractivity (Wildman–Crippen MR) is 80.4 cm³/mol. The molecule has 1 aliphatic heterocycles. The van der Waals surface area contributed by atoms with Gasteiger partial charge in [-0.3, -0.25) is 9.78 Å². The fourth-order valence-corrected chi connectivity index (χ4v) is 2.65. The number of fused-ring (bicyclic) bond motifs is 1. The summed E-state index contributed by atoms with van der Waals surface area (Å²) in [5, 5.41) is 4.50. The SMILES string of the molecule is CN1CC(Nc2c(N)cnc3ccccc23)CCC1=O. The van der Waals surface area contributed by atoms with Crippen LogP contribution in [0.5, 0.6) is 0 Å². The number of nitrogens with zero attached hydrogens (tertiary/aromatic N) is 2. The van der Waals surface area contributed by atoms with E-state index in [0.717, 1.165) is 23.0 Å². The number of rotatable bonds is 2. The molecule has 20 heavy (non-hydrogen) atoms. The van der Waals surface area contributed by atoms with Crippen LogP contribution in [0.4, 0.5) is 11.4 Å². The molecule has 1 unspecified atom stereocenters. The van der Waals surface area contributed by atoms with Crippen molar-refractivity contribution in [3.63, 3.8) is 0 Å². The molecule has 2 heterocycles. The van der Waals surface area contributed by atoms with Gasteiger partial charge in [-0.1, -0.05) is 18.2 Å². The van der Waals surface area contributed by atoms with E-state index in [9.17, 15) is 4.79 Å². The van der Waals surface area contributed by atoms with Gasteiger partial charge in [0.1, 0.15) is 0 Å². The summed E-state index contributed by atoms with van der Waals surface area (Å²) in [6, 6.07) is 8.15. The third-order valence-corrected chi connectivity index (χ3v) is 3.78. The highest BCUT2D eigenvalue weighted by atomic mass is 16.2. The van der Waals surface area contributed by atoms with E-state index in [2.05, 4.69) is 10.3 Å². The molecule has 3 rings (SSSR count). The zero-order chi connectivity index (χ0) is 14.1. The molecule has 0 bridgehead atoms. The van der Waals surface area contributed by atoms with E-state index in [4.69, 9.17) is 5.73 Å². The maximum atomic E-state index is 11.5. The summed E-state index contributed by atoms with van der Waals surface area (Å²) in [6.07, 6.45) is 3.10. The van der Waals surface area contributed by atoms with Gasteiger partial charge in [-0.15, -0.1) is 0 Å². The van der Waals surface area contributed by atoms with Crippen molar-refractivity contribution in [1.82, 2.24) is 9.88 Å². The van der Waals surface area contributed by atoms with E-state index in [1.165, 1.54) is 0 Å². The minimum atomic E-state index is 0.204. The van der Waals surface area contributed by atoms with Crippen LogP contribution in [0.2, 0.25) is 0 Å². The number of nitrogen functional groups attached to an aromatic ring is 1. The lowest BCUT2D eigenvalue weighted by Gasteiger charge is -2.31. The van der Waals surface area contributed by atoms with Crippen molar-refractivity contribution in [2.75, 3.05) is 24.6 Å². The number of anilines is 2. The number of nitrogens with one attached hydrogen (secondary N) is 1. The van der Waals surface area contributed by atoms with Crippen molar-refractivity contribution >= 4 is 28.2 Å². The second kappa shape index (κ2) is 5.00. The van der Waals surface area contributed by atoms with Crippen LogP contribution in [0, 0.1) is 0 Å². The van der Waals surface area contributed by atoms with Crippen LogP contribution in [0.3, 0.4) is 0 Å². The van der Waals surface area contributed by atoms with Crippen molar-refractivity contribution < 1.29 is 4.79 Å². The first kappa shape index (κ1) is 12.7. The highest BCUT2D eigenvalue weighted by molar-refractivity contribution is 5.97. The van der Waals surface area contributed by atoms with E-state index in [-0.39, 0.29) is 11.9 Å². The number of piperidine rings is 1. The number of pyridine rings is 1. The van der Waals surface area contributed by atoms with Gasteiger partial charge in [0.05, 0.1) is 23.1 Å². The van der Waals surface area contributed by atoms with Crippen LogP contribution < -0.4 is 11.1 Å². The molecular weight excluding hydrogens is 252 g/mol. The van der Waals surface area contributed by atoms with Crippen molar-refractivity contribution in [2.24, 2.45) is 0 Å². The number of nitrogens with two attached hydrogens (primary N) is 1. The zero-order valence-corrected chi connectivity index (χ0v) is 11.5.